The van der Waals surface area contributed by atoms with E-state index < -0.39 is 0 Å². The molecular formula is C14H27N3O2. The van der Waals surface area contributed by atoms with E-state index in [1.165, 1.54) is 0 Å². The lowest BCUT2D eigenvalue weighted by molar-refractivity contribution is -0.141. The Morgan fingerprint density at radius 2 is 1.84 bits per heavy atom. The summed E-state index contributed by atoms with van der Waals surface area (Å²) in [5.74, 6) is 0.237. The van der Waals surface area contributed by atoms with Crippen molar-refractivity contribution >= 4 is 5.91 Å². The standard InChI is InChI=1S/C14H27N3O2/c1-11(14(18)17-7-9-19-10-8-17)16(2)13-5-3-12(15)4-6-13/h11-13H,3-10,15H2,1-2H3. The van der Waals surface area contributed by atoms with Crippen LogP contribution in [0.3, 0.4) is 0 Å². The Bertz CT molecular complexity index is 297. The van der Waals surface area contributed by atoms with Gasteiger partial charge in [-0.15, -0.1) is 0 Å². The summed E-state index contributed by atoms with van der Waals surface area (Å²) in [7, 11) is 2.07. The molecular weight excluding hydrogens is 242 g/mol. The average Bonchev–Trinajstić information content (AvgIpc) is 2.46. The summed E-state index contributed by atoms with van der Waals surface area (Å²) in [6.45, 7) is 4.81. The molecule has 5 heteroatoms. The van der Waals surface area contributed by atoms with Gasteiger partial charge >= 0.3 is 0 Å². The summed E-state index contributed by atoms with van der Waals surface area (Å²) in [5, 5.41) is 0. The Labute approximate surface area is 116 Å². The van der Waals surface area contributed by atoms with E-state index in [1.54, 1.807) is 0 Å². The van der Waals surface area contributed by atoms with Gasteiger partial charge in [-0.3, -0.25) is 9.69 Å². The van der Waals surface area contributed by atoms with E-state index >= 15 is 0 Å². The third-order valence-electron chi connectivity index (χ3n) is 4.61. The first kappa shape index (κ1) is 14.8. The number of carbonyl (C=O) groups excluding carboxylic acids is 1. The van der Waals surface area contributed by atoms with Crippen LogP contribution in [0.5, 0.6) is 0 Å². The molecule has 1 amide bonds. The van der Waals surface area contributed by atoms with Gasteiger partial charge in [0.25, 0.3) is 0 Å². The van der Waals surface area contributed by atoms with Gasteiger partial charge in [-0.25, -0.2) is 0 Å². The van der Waals surface area contributed by atoms with Crippen LogP contribution in [0.2, 0.25) is 0 Å². The van der Waals surface area contributed by atoms with Crippen molar-refractivity contribution in [3.63, 3.8) is 0 Å². The number of carbonyl (C=O) groups is 1. The number of morpholine rings is 1. The number of hydrogen-bond donors (Lipinski definition) is 1. The van der Waals surface area contributed by atoms with E-state index in [-0.39, 0.29) is 11.9 Å². The SMILES string of the molecule is CC(C(=O)N1CCOCC1)N(C)C1CCC(N)CC1. The van der Waals surface area contributed by atoms with Crippen LogP contribution in [0, 0.1) is 0 Å². The summed E-state index contributed by atoms with van der Waals surface area (Å²) in [5.41, 5.74) is 5.94. The fraction of sp³-hybridized carbons (Fsp3) is 0.929. The van der Waals surface area contributed by atoms with Gasteiger partial charge in [-0.05, 0) is 39.7 Å². The molecule has 0 spiro atoms. The fourth-order valence-electron chi connectivity index (χ4n) is 3.05. The first-order chi connectivity index (χ1) is 9.09. The lowest BCUT2D eigenvalue weighted by Gasteiger charge is -2.39. The smallest absolute Gasteiger partial charge is 0.239 e. The van der Waals surface area contributed by atoms with E-state index in [9.17, 15) is 4.79 Å². The Kier molecular flexibility index (Phi) is 5.19. The highest BCUT2D eigenvalue weighted by Gasteiger charge is 2.30. The number of nitrogens with two attached hydrogens (primary N) is 1. The summed E-state index contributed by atoms with van der Waals surface area (Å²) in [6.07, 6.45) is 4.37. The lowest BCUT2D eigenvalue weighted by atomic mass is 9.90. The number of likely N-dealkylation sites (N-methyl/N-ethyl adjacent to an activating group) is 1. The van der Waals surface area contributed by atoms with Gasteiger partial charge in [-0.2, -0.15) is 0 Å². The van der Waals surface area contributed by atoms with Crippen LogP contribution in [0.25, 0.3) is 0 Å². The summed E-state index contributed by atoms with van der Waals surface area (Å²) in [6, 6.07) is 0.812. The predicted molar refractivity (Wildman–Crippen MR) is 74.9 cm³/mol. The number of rotatable bonds is 3. The Morgan fingerprint density at radius 1 is 1.26 bits per heavy atom. The average molecular weight is 269 g/mol. The van der Waals surface area contributed by atoms with Crippen LogP contribution in [-0.4, -0.2) is 67.2 Å². The van der Waals surface area contributed by atoms with Gasteiger partial charge in [-0.1, -0.05) is 0 Å². The second-order valence-corrected chi connectivity index (χ2v) is 5.85. The molecule has 2 rings (SSSR count). The quantitative estimate of drug-likeness (QED) is 0.807. The van der Waals surface area contributed by atoms with Crippen LogP contribution < -0.4 is 5.73 Å². The van der Waals surface area contributed by atoms with E-state index in [2.05, 4.69) is 11.9 Å². The van der Waals surface area contributed by atoms with Gasteiger partial charge in [0.1, 0.15) is 0 Å². The molecule has 0 bridgehead atoms. The van der Waals surface area contributed by atoms with Crippen molar-refractivity contribution in [2.75, 3.05) is 33.4 Å². The second kappa shape index (κ2) is 6.68. The molecule has 1 aliphatic carbocycles. The molecule has 0 aromatic heterocycles. The molecule has 2 aliphatic rings. The second-order valence-electron chi connectivity index (χ2n) is 5.85. The first-order valence-electron chi connectivity index (χ1n) is 7.43. The van der Waals surface area contributed by atoms with E-state index in [0.29, 0.717) is 25.3 Å². The zero-order valence-electron chi connectivity index (χ0n) is 12.2. The summed E-state index contributed by atoms with van der Waals surface area (Å²) in [4.78, 5) is 16.6. The van der Waals surface area contributed by atoms with E-state index in [1.807, 2.05) is 11.8 Å². The molecule has 1 unspecified atom stereocenters. The number of nitrogens with zero attached hydrogens (tertiary/aromatic N) is 2. The highest BCUT2D eigenvalue weighted by atomic mass is 16.5. The van der Waals surface area contributed by atoms with Crippen molar-refractivity contribution in [2.24, 2.45) is 5.73 Å². The van der Waals surface area contributed by atoms with Crippen molar-refractivity contribution in [3.05, 3.63) is 0 Å². The normalized spacial score (nSPS) is 30.4. The van der Waals surface area contributed by atoms with Crippen molar-refractivity contribution in [1.82, 2.24) is 9.80 Å². The highest BCUT2D eigenvalue weighted by Crippen LogP contribution is 2.23. The van der Waals surface area contributed by atoms with Crippen molar-refractivity contribution < 1.29 is 9.53 Å². The number of ether oxygens (including phenoxy) is 1. The molecule has 0 aromatic carbocycles. The van der Waals surface area contributed by atoms with Crippen molar-refractivity contribution in [2.45, 2.75) is 50.7 Å². The monoisotopic (exact) mass is 269 g/mol. The maximum absolute atomic E-state index is 12.5. The molecule has 0 radical (unpaired) electrons. The molecule has 1 saturated heterocycles. The van der Waals surface area contributed by atoms with Gasteiger partial charge in [0.05, 0.1) is 19.3 Å². The molecule has 1 saturated carbocycles. The zero-order chi connectivity index (χ0) is 13.8. The Morgan fingerprint density at radius 3 is 2.42 bits per heavy atom. The molecule has 1 heterocycles. The van der Waals surface area contributed by atoms with Gasteiger partial charge in [0.15, 0.2) is 0 Å². The van der Waals surface area contributed by atoms with Crippen LogP contribution in [-0.2, 0) is 9.53 Å². The molecule has 1 atom stereocenters. The minimum atomic E-state index is -0.0441. The van der Waals surface area contributed by atoms with Gasteiger partial charge in [0.2, 0.25) is 5.91 Å². The minimum Gasteiger partial charge on any atom is -0.378 e. The maximum Gasteiger partial charge on any atom is 0.239 e. The Balaban J connectivity index is 1.86. The van der Waals surface area contributed by atoms with Crippen LogP contribution >= 0.6 is 0 Å². The van der Waals surface area contributed by atoms with E-state index in [0.717, 1.165) is 38.8 Å². The predicted octanol–water partition coefficient (Wildman–Crippen LogP) is 0.435. The minimum absolute atomic E-state index is 0.0441. The van der Waals surface area contributed by atoms with Crippen LogP contribution in [0.1, 0.15) is 32.6 Å². The molecule has 0 aromatic rings. The molecule has 2 fully saturated rings. The zero-order valence-corrected chi connectivity index (χ0v) is 12.2. The third-order valence-corrected chi connectivity index (χ3v) is 4.61. The lowest BCUT2D eigenvalue weighted by Crippen LogP contribution is -2.52. The number of amides is 1. The van der Waals surface area contributed by atoms with E-state index in [4.69, 9.17) is 10.5 Å². The summed E-state index contributed by atoms with van der Waals surface area (Å²) < 4.78 is 5.30. The Hall–Kier alpha value is -0.650. The molecule has 1 aliphatic heterocycles. The first-order valence-corrected chi connectivity index (χ1v) is 7.43. The van der Waals surface area contributed by atoms with Gasteiger partial charge in [0, 0.05) is 25.2 Å². The molecule has 5 nitrogen and oxygen atoms in total. The molecule has 2 N–H and O–H groups in total. The topological polar surface area (TPSA) is 58.8 Å². The van der Waals surface area contributed by atoms with Gasteiger partial charge < -0.3 is 15.4 Å². The van der Waals surface area contributed by atoms with Crippen molar-refractivity contribution in [3.8, 4) is 0 Å². The fourth-order valence-corrected chi connectivity index (χ4v) is 3.05. The van der Waals surface area contributed by atoms with Crippen molar-refractivity contribution in [1.29, 1.82) is 0 Å². The highest BCUT2D eigenvalue weighted by molar-refractivity contribution is 5.81. The summed E-state index contributed by atoms with van der Waals surface area (Å²) >= 11 is 0. The van der Waals surface area contributed by atoms with Crippen LogP contribution in [0.15, 0.2) is 0 Å². The molecule has 19 heavy (non-hydrogen) atoms. The largest absolute Gasteiger partial charge is 0.378 e. The third kappa shape index (κ3) is 3.68. The maximum atomic E-state index is 12.5. The molecule has 110 valence electrons. The number of hydrogen-bond acceptors (Lipinski definition) is 4. The van der Waals surface area contributed by atoms with Crippen LogP contribution in [0.4, 0.5) is 0 Å².